The Bertz CT molecular complexity index is 825. The van der Waals surface area contributed by atoms with Crippen LogP contribution in [-0.2, 0) is 14.8 Å². The molecule has 196 valence electrons. The number of rotatable bonds is 7. The van der Waals surface area contributed by atoms with Crippen molar-refractivity contribution in [2.24, 2.45) is 23.7 Å². The normalized spacial score (nSPS) is 42.8. The van der Waals surface area contributed by atoms with E-state index in [4.69, 9.17) is 28.3 Å². The molecule has 0 spiro atoms. The number of sulfonamides is 1. The van der Waals surface area contributed by atoms with Crippen molar-refractivity contribution < 1.29 is 23.4 Å². The minimum atomic E-state index is -3.38. The molecule has 0 radical (unpaired) electrons. The van der Waals surface area contributed by atoms with Gasteiger partial charge in [-0.2, -0.15) is 0 Å². The van der Waals surface area contributed by atoms with Crippen LogP contribution in [0.1, 0.15) is 51.9 Å². The van der Waals surface area contributed by atoms with Crippen molar-refractivity contribution in [1.29, 1.82) is 0 Å². The van der Waals surface area contributed by atoms with Gasteiger partial charge in [0.15, 0.2) is 0 Å². The molecular weight excluding hydrogens is 501 g/mol. The Morgan fingerprint density at radius 2 is 1.82 bits per heavy atom. The Labute approximate surface area is 213 Å². The lowest BCUT2D eigenvalue weighted by molar-refractivity contribution is -0.140. The van der Waals surface area contributed by atoms with Crippen molar-refractivity contribution in [3.05, 3.63) is 0 Å². The molecule has 0 aromatic rings. The molecule has 2 aliphatic heterocycles. The van der Waals surface area contributed by atoms with Crippen LogP contribution >= 0.6 is 23.2 Å². The van der Waals surface area contributed by atoms with Crippen LogP contribution in [0, 0.1) is 23.7 Å². The topological polar surface area (TPSA) is 119 Å². The van der Waals surface area contributed by atoms with Crippen molar-refractivity contribution in [3.8, 4) is 0 Å². The van der Waals surface area contributed by atoms with Gasteiger partial charge in [0, 0.05) is 37.8 Å². The number of carbonyl (C=O) groups excluding carboxylic acids is 1. The number of nitrogens with zero attached hydrogens (tertiary/aromatic N) is 1. The number of alkyl halides is 2. The first-order valence-electron chi connectivity index (χ1n) is 12.7. The van der Waals surface area contributed by atoms with E-state index in [9.17, 15) is 18.3 Å². The van der Waals surface area contributed by atoms with Gasteiger partial charge < -0.3 is 20.4 Å². The van der Waals surface area contributed by atoms with E-state index < -0.39 is 21.9 Å². The molecule has 4 rings (SSSR count). The van der Waals surface area contributed by atoms with Crippen LogP contribution in [0.15, 0.2) is 0 Å². The van der Waals surface area contributed by atoms with Gasteiger partial charge in [0.2, 0.25) is 15.9 Å². The Hall–Kier alpha value is -0.160. The van der Waals surface area contributed by atoms with E-state index in [0.717, 1.165) is 25.7 Å². The number of amides is 1. The maximum atomic E-state index is 12.7. The molecule has 34 heavy (non-hydrogen) atoms. The van der Waals surface area contributed by atoms with Crippen molar-refractivity contribution in [1.82, 2.24) is 14.9 Å². The third kappa shape index (κ3) is 5.13. The second-order valence-electron chi connectivity index (χ2n) is 10.6. The molecule has 4 fully saturated rings. The monoisotopic (exact) mass is 539 g/mol. The summed E-state index contributed by atoms with van der Waals surface area (Å²) in [6.45, 7) is 2.48. The fourth-order valence-electron chi connectivity index (χ4n) is 7.42. The highest BCUT2D eigenvalue weighted by Gasteiger charge is 2.58. The first kappa shape index (κ1) is 26.9. The first-order valence-corrected chi connectivity index (χ1v) is 15.1. The number of nitrogens with one attached hydrogen (secondary N) is 2. The zero-order valence-corrected chi connectivity index (χ0v) is 22.1. The second-order valence-corrected chi connectivity index (χ2v) is 13.8. The molecule has 0 aromatic carbocycles. The summed E-state index contributed by atoms with van der Waals surface area (Å²) in [6, 6.07) is 0.351. The summed E-state index contributed by atoms with van der Waals surface area (Å²) in [4.78, 5) is 14.2. The van der Waals surface area contributed by atoms with Crippen molar-refractivity contribution in [2.45, 2.75) is 86.0 Å². The van der Waals surface area contributed by atoms with Crippen LogP contribution in [0.2, 0.25) is 0 Å². The van der Waals surface area contributed by atoms with E-state index in [0.29, 0.717) is 37.6 Å². The van der Waals surface area contributed by atoms with Crippen molar-refractivity contribution in [3.63, 3.8) is 0 Å². The third-order valence-corrected chi connectivity index (χ3v) is 12.1. The lowest BCUT2D eigenvalue weighted by Gasteiger charge is -2.49. The van der Waals surface area contributed by atoms with Crippen LogP contribution in [0.4, 0.5) is 0 Å². The second kappa shape index (κ2) is 11.1. The molecule has 4 aliphatic rings. The Morgan fingerprint density at radius 1 is 1.12 bits per heavy atom. The molecular formula is C23H39Cl2N3O5S. The maximum Gasteiger partial charge on any atom is 0.248 e. The summed E-state index contributed by atoms with van der Waals surface area (Å²) < 4.78 is 28.0. The van der Waals surface area contributed by atoms with Gasteiger partial charge in [0.1, 0.15) is 6.61 Å². The summed E-state index contributed by atoms with van der Waals surface area (Å²) >= 11 is 13.6. The largest absolute Gasteiger partial charge is 0.396 e. The first-order chi connectivity index (χ1) is 16.2. The summed E-state index contributed by atoms with van der Waals surface area (Å²) in [7, 11) is -3.38. The molecule has 2 aliphatic carbocycles. The van der Waals surface area contributed by atoms with Crippen LogP contribution in [0.5, 0.6) is 0 Å². The van der Waals surface area contributed by atoms with Gasteiger partial charge >= 0.3 is 0 Å². The molecule has 1 amide bonds. The zero-order valence-electron chi connectivity index (χ0n) is 19.8. The predicted octanol–water partition coefficient (Wildman–Crippen LogP) is 1.27. The van der Waals surface area contributed by atoms with Crippen LogP contribution < -0.4 is 10.0 Å². The fraction of sp³-hybridized carbons (Fsp3) is 0.957. The Balaban J connectivity index is 1.49. The molecule has 8 atom stereocenters. The van der Waals surface area contributed by atoms with Crippen molar-refractivity contribution in [2.75, 3.05) is 26.3 Å². The van der Waals surface area contributed by atoms with Crippen LogP contribution in [0.25, 0.3) is 0 Å². The van der Waals surface area contributed by atoms with Crippen molar-refractivity contribution >= 4 is 39.1 Å². The highest BCUT2D eigenvalue weighted by Crippen LogP contribution is 2.53. The van der Waals surface area contributed by atoms with Gasteiger partial charge in [-0.25, -0.2) is 13.1 Å². The van der Waals surface area contributed by atoms with Gasteiger partial charge in [-0.05, 0) is 75.5 Å². The standard InChI is InChI=1S/C23H39Cl2N3O5S/c1-13-20-18(7-9-28(13)19(31)12-30)27-23-21(20)16(11-17(24)22(23)25)14-3-5-15(6-4-14)34(32,33)26-8-2-10-29/h13-18,20-23,26-27,29-30H,2-12H2,1H3/t13-,14?,15?,16?,17?,18?,20?,21?,22?,23?/m0/s1. The summed E-state index contributed by atoms with van der Waals surface area (Å²) in [5, 5.41) is 21.4. The van der Waals surface area contributed by atoms with Gasteiger partial charge in [-0.1, -0.05) is 0 Å². The Kier molecular flexibility index (Phi) is 8.76. The number of fused-ring (bicyclic) bond motifs is 3. The highest BCUT2D eigenvalue weighted by atomic mass is 35.5. The smallest absolute Gasteiger partial charge is 0.248 e. The van der Waals surface area contributed by atoms with Gasteiger partial charge in [0.25, 0.3) is 0 Å². The number of carbonyl (C=O) groups is 1. The zero-order chi connectivity index (χ0) is 24.6. The number of likely N-dealkylation sites (tertiary alicyclic amines) is 1. The van der Waals surface area contributed by atoms with E-state index in [-0.39, 0.29) is 59.8 Å². The van der Waals surface area contributed by atoms with E-state index in [1.807, 2.05) is 4.90 Å². The van der Waals surface area contributed by atoms with Gasteiger partial charge in [0.05, 0.1) is 16.0 Å². The average molecular weight is 541 g/mol. The highest BCUT2D eigenvalue weighted by molar-refractivity contribution is 7.90. The molecule has 2 saturated carbocycles. The van der Waals surface area contributed by atoms with E-state index in [1.54, 1.807) is 0 Å². The minimum absolute atomic E-state index is 0.00610. The van der Waals surface area contributed by atoms with E-state index in [2.05, 4.69) is 17.0 Å². The van der Waals surface area contributed by atoms with E-state index in [1.165, 1.54) is 0 Å². The molecule has 0 bridgehead atoms. The predicted molar refractivity (Wildman–Crippen MR) is 132 cm³/mol. The molecule has 4 N–H and O–H groups in total. The van der Waals surface area contributed by atoms with Crippen LogP contribution in [0.3, 0.4) is 0 Å². The molecule has 8 nitrogen and oxygen atoms in total. The molecule has 2 heterocycles. The summed E-state index contributed by atoms with van der Waals surface area (Å²) in [5.41, 5.74) is 0. The summed E-state index contributed by atoms with van der Waals surface area (Å²) in [6.07, 6.45) is 4.97. The lowest BCUT2D eigenvalue weighted by Crippen LogP contribution is -2.56. The SMILES string of the molecule is C[C@H]1C2C(CCN1C(=O)CO)NC1C(Cl)C(Cl)CC(C3CCC(S(=O)(=O)NCCCO)CC3)C12. The summed E-state index contributed by atoms with van der Waals surface area (Å²) in [5.74, 6) is 0.985. The number of piperidine rings is 1. The number of aliphatic hydroxyl groups excluding tert-OH is 2. The average Bonchev–Trinajstić information content (AvgIpc) is 3.22. The van der Waals surface area contributed by atoms with Crippen LogP contribution in [-0.4, -0.2) is 89.9 Å². The number of aliphatic hydroxyl groups is 2. The molecule has 11 heteroatoms. The molecule has 2 saturated heterocycles. The minimum Gasteiger partial charge on any atom is -0.396 e. The number of hydrogen-bond donors (Lipinski definition) is 4. The number of hydrogen-bond acceptors (Lipinski definition) is 6. The van der Waals surface area contributed by atoms with Gasteiger partial charge in [-0.15, -0.1) is 23.2 Å². The van der Waals surface area contributed by atoms with E-state index >= 15 is 0 Å². The fourth-order valence-corrected chi connectivity index (χ4v) is 9.68. The quantitative estimate of drug-likeness (QED) is 0.285. The maximum absolute atomic E-state index is 12.7. The molecule has 7 unspecified atom stereocenters. The number of halogens is 2. The van der Waals surface area contributed by atoms with Gasteiger partial charge in [-0.3, -0.25) is 4.79 Å². The Morgan fingerprint density at radius 3 is 2.47 bits per heavy atom. The third-order valence-electron chi connectivity index (χ3n) is 9.00. The molecule has 0 aromatic heterocycles. The lowest BCUT2D eigenvalue weighted by atomic mass is 9.61.